The van der Waals surface area contributed by atoms with Gasteiger partial charge in [-0.25, -0.2) is 0 Å². The Kier molecular flexibility index (Phi) is 6.53. The number of rotatable bonds is 6. The molecule has 4 rings (SSSR count). The molecule has 9 heteroatoms. The number of hydrogen-bond donors (Lipinski definition) is 2. The molecule has 3 fully saturated rings. The third-order valence-corrected chi connectivity index (χ3v) is 8.43. The average molecular weight is 470 g/mol. The Morgan fingerprint density at radius 1 is 1.09 bits per heavy atom. The molecule has 1 aromatic rings. The van der Waals surface area contributed by atoms with E-state index in [2.05, 4.69) is 10.4 Å². The number of hydrogen-bond acceptors (Lipinski definition) is 3. The fourth-order valence-corrected chi connectivity index (χ4v) is 6.03. The molecule has 2 N–H and O–H groups in total. The van der Waals surface area contributed by atoms with Crippen molar-refractivity contribution in [3.8, 4) is 0 Å². The van der Waals surface area contributed by atoms with Crippen molar-refractivity contribution in [2.45, 2.75) is 89.3 Å². The molecule has 184 valence electrons. The van der Waals surface area contributed by atoms with Crippen LogP contribution in [0, 0.1) is 30.6 Å². The molecule has 1 aromatic heterocycles. The molecule has 0 atom stereocenters. The summed E-state index contributed by atoms with van der Waals surface area (Å²) in [5, 5.41) is 17.1. The van der Waals surface area contributed by atoms with E-state index in [4.69, 9.17) is 0 Å². The van der Waals surface area contributed by atoms with Gasteiger partial charge in [-0.2, -0.15) is 18.3 Å². The molecule has 0 radical (unpaired) electrons. The van der Waals surface area contributed by atoms with Crippen molar-refractivity contribution in [3.05, 3.63) is 17.0 Å². The highest BCUT2D eigenvalue weighted by atomic mass is 19.4. The number of aliphatic carboxylic acids is 1. The summed E-state index contributed by atoms with van der Waals surface area (Å²) in [6, 6.07) is 0. The first-order valence-corrected chi connectivity index (χ1v) is 12.1. The van der Waals surface area contributed by atoms with Gasteiger partial charge in [0.1, 0.15) is 0 Å². The maximum atomic E-state index is 13.4. The second-order valence-corrected chi connectivity index (χ2v) is 10.5. The number of nitrogens with one attached hydrogen (secondary N) is 1. The first-order valence-electron chi connectivity index (χ1n) is 12.1. The first-order chi connectivity index (χ1) is 15.5. The Hall–Kier alpha value is -2.06. The number of carboxylic acid groups (broad SMARTS) is 1. The number of amides is 1. The van der Waals surface area contributed by atoms with E-state index in [1.54, 1.807) is 11.7 Å². The number of aromatic nitrogens is 2. The third kappa shape index (κ3) is 5.06. The van der Waals surface area contributed by atoms with Crippen molar-refractivity contribution in [1.29, 1.82) is 0 Å². The van der Waals surface area contributed by atoms with Crippen molar-refractivity contribution in [2.75, 3.05) is 0 Å². The van der Waals surface area contributed by atoms with E-state index in [1.165, 1.54) is 0 Å². The third-order valence-electron chi connectivity index (χ3n) is 8.43. The van der Waals surface area contributed by atoms with Crippen LogP contribution in [0.25, 0.3) is 0 Å². The standard InChI is InChI=1S/C24H34F3N3O3/c1-14-20(19(29-30(14)2)13-15-3-7-18(8-4-15)24(25,26)27)21(31)28-23(11-12-23)17-9-5-16(6-10-17)22(32)33/h15-18H,3-13H2,1-2H3,(H,28,31)(H,32,33). The number of carbonyl (C=O) groups is 2. The highest BCUT2D eigenvalue weighted by Crippen LogP contribution is 2.49. The maximum absolute atomic E-state index is 13.4. The molecule has 33 heavy (non-hydrogen) atoms. The van der Waals surface area contributed by atoms with Gasteiger partial charge < -0.3 is 10.4 Å². The van der Waals surface area contributed by atoms with E-state index in [0.29, 0.717) is 43.4 Å². The summed E-state index contributed by atoms with van der Waals surface area (Å²) in [6.45, 7) is 1.85. The second kappa shape index (κ2) is 8.95. The molecule has 1 heterocycles. The maximum Gasteiger partial charge on any atom is 0.391 e. The van der Waals surface area contributed by atoms with Gasteiger partial charge in [-0.3, -0.25) is 14.3 Å². The second-order valence-electron chi connectivity index (χ2n) is 10.5. The molecule has 0 aromatic carbocycles. The minimum absolute atomic E-state index is 0.102. The van der Waals surface area contributed by atoms with E-state index in [-0.39, 0.29) is 42.0 Å². The first kappa shape index (κ1) is 24.1. The lowest BCUT2D eigenvalue weighted by atomic mass is 9.77. The number of aryl methyl sites for hydroxylation is 1. The van der Waals surface area contributed by atoms with Gasteiger partial charge in [0.15, 0.2) is 0 Å². The van der Waals surface area contributed by atoms with Crippen molar-refractivity contribution >= 4 is 11.9 Å². The minimum atomic E-state index is -4.13. The van der Waals surface area contributed by atoms with Crippen LogP contribution in [0.1, 0.15) is 86.0 Å². The SMILES string of the molecule is Cc1c(C(=O)NC2(C3CCC(C(=O)O)CC3)CC2)c(CC2CCC(C(F)(F)F)CC2)nn1C. The van der Waals surface area contributed by atoms with Crippen LogP contribution < -0.4 is 5.32 Å². The zero-order chi connectivity index (χ0) is 24.0. The molecule has 0 spiro atoms. The predicted octanol–water partition coefficient (Wildman–Crippen LogP) is 4.79. The summed E-state index contributed by atoms with van der Waals surface area (Å²) in [4.78, 5) is 24.7. The van der Waals surface area contributed by atoms with Crippen LogP contribution in [0.15, 0.2) is 0 Å². The van der Waals surface area contributed by atoms with Crippen molar-refractivity contribution in [3.63, 3.8) is 0 Å². The number of alkyl halides is 3. The van der Waals surface area contributed by atoms with Gasteiger partial charge in [-0.1, -0.05) is 0 Å². The summed E-state index contributed by atoms with van der Waals surface area (Å²) in [6.07, 6.45) is 2.38. The molecule has 6 nitrogen and oxygen atoms in total. The van der Waals surface area contributed by atoms with Gasteiger partial charge >= 0.3 is 12.1 Å². The number of carboxylic acids is 1. The number of carbonyl (C=O) groups excluding carboxylic acids is 1. The van der Waals surface area contributed by atoms with E-state index in [0.717, 1.165) is 31.4 Å². The predicted molar refractivity (Wildman–Crippen MR) is 116 cm³/mol. The summed E-state index contributed by atoms with van der Waals surface area (Å²) < 4.78 is 40.7. The van der Waals surface area contributed by atoms with E-state index >= 15 is 0 Å². The smallest absolute Gasteiger partial charge is 0.391 e. The minimum Gasteiger partial charge on any atom is -0.481 e. The molecule has 0 unspecified atom stereocenters. The van der Waals surface area contributed by atoms with Crippen LogP contribution in [-0.2, 0) is 18.3 Å². The summed E-state index contributed by atoms with van der Waals surface area (Å²) in [5.74, 6) is -2.00. The monoisotopic (exact) mass is 469 g/mol. The molecule has 3 aliphatic rings. The lowest BCUT2D eigenvalue weighted by Crippen LogP contribution is -2.44. The fourth-order valence-electron chi connectivity index (χ4n) is 6.03. The Morgan fingerprint density at radius 3 is 2.21 bits per heavy atom. The molecule has 1 amide bonds. The van der Waals surface area contributed by atoms with Gasteiger partial charge in [0.25, 0.3) is 5.91 Å². The largest absolute Gasteiger partial charge is 0.481 e. The van der Waals surface area contributed by atoms with E-state index in [1.807, 2.05) is 6.92 Å². The van der Waals surface area contributed by atoms with Crippen LogP contribution in [-0.4, -0.2) is 38.5 Å². The van der Waals surface area contributed by atoms with E-state index < -0.39 is 18.1 Å². The summed E-state index contributed by atoms with van der Waals surface area (Å²) >= 11 is 0. The Morgan fingerprint density at radius 2 is 1.70 bits per heavy atom. The summed E-state index contributed by atoms with van der Waals surface area (Å²) in [7, 11) is 1.79. The normalized spacial score (nSPS) is 29.5. The van der Waals surface area contributed by atoms with Crippen LogP contribution >= 0.6 is 0 Å². The Balaban J connectivity index is 1.41. The average Bonchev–Trinajstić information content (AvgIpc) is 3.48. The molecule has 0 saturated heterocycles. The van der Waals surface area contributed by atoms with Crippen molar-refractivity contribution in [2.24, 2.45) is 30.7 Å². The van der Waals surface area contributed by atoms with Crippen LogP contribution in [0.2, 0.25) is 0 Å². The Bertz CT molecular complexity index is 891. The molecule has 3 saturated carbocycles. The van der Waals surface area contributed by atoms with Crippen LogP contribution in [0.4, 0.5) is 13.2 Å². The fraction of sp³-hybridized carbons (Fsp3) is 0.792. The highest BCUT2D eigenvalue weighted by molar-refractivity contribution is 5.97. The van der Waals surface area contributed by atoms with Crippen LogP contribution in [0.5, 0.6) is 0 Å². The van der Waals surface area contributed by atoms with Gasteiger partial charge in [0.05, 0.1) is 23.1 Å². The number of nitrogens with zero attached hydrogens (tertiary/aromatic N) is 2. The lowest BCUT2D eigenvalue weighted by Gasteiger charge is -2.33. The van der Waals surface area contributed by atoms with E-state index in [9.17, 15) is 27.9 Å². The van der Waals surface area contributed by atoms with Gasteiger partial charge in [0.2, 0.25) is 0 Å². The highest BCUT2D eigenvalue weighted by Gasteiger charge is 2.51. The lowest BCUT2D eigenvalue weighted by molar-refractivity contribution is -0.183. The van der Waals surface area contributed by atoms with Gasteiger partial charge in [0, 0.05) is 18.3 Å². The topological polar surface area (TPSA) is 84.2 Å². The quantitative estimate of drug-likeness (QED) is 0.627. The summed E-state index contributed by atoms with van der Waals surface area (Å²) in [5.41, 5.74) is 1.73. The molecule has 0 aliphatic heterocycles. The van der Waals surface area contributed by atoms with Crippen molar-refractivity contribution in [1.82, 2.24) is 15.1 Å². The number of halogens is 3. The molecular weight excluding hydrogens is 435 g/mol. The zero-order valence-electron chi connectivity index (χ0n) is 19.4. The van der Waals surface area contributed by atoms with Crippen molar-refractivity contribution < 1.29 is 27.9 Å². The Labute approximate surface area is 192 Å². The zero-order valence-corrected chi connectivity index (χ0v) is 19.4. The molecule has 3 aliphatic carbocycles. The molecular formula is C24H34F3N3O3. The van der Waals surface area contributed by atoms with Gasteiger partial charge in [-0.15, -0.1) is 0 Å². The van der Waals surface area contributed by atoms with Crippen LogP contribution in [0.3, 0.4) is 0 Å². The molecule has 0 bridgehead atoms. The van der Waals surface area contributed by atoms with Gasteiger partial charge in [-0.05, 0) is 89.4 Å².